The number of aromatic nitrogens is 4. The van der Waals surface area contributed by atoms with Crippen LogP contribution in [0.4, 0.5) is 11.6 Å². The molecule has 0 saturated carbocycles. The van der Waals surface area contributed by atoms with Crippen molar-refractivity contribution in [2.24, 2.45) is 0 Å². The quantitative estimate of drug-likeness (QED) is 0.545. The summed E-state index contributed by atoms with van der Waals surface area (Å²) < 4.78 is 13.4. The second kappa shape index (κ2) is 9.93. The van der Waals surface area contributed by atoms with Crippen LogP contribution in [0.5, 0.6) is 11.5 Å². The van der Waals surface area contributed by atoms with Crippen molar-refractivity contribution in [2.45, 2.75) is 51.9 Å². The average molecular weight is 477 g/mol. The van der Waals surface area contributed by atoms with Crippen molar-refractivity contribution in [3.63, 3.8) is 0 Å². The van der Waals surface area contributed by atoms with E-state index in [0.717, 1.165) is 42.1 Å². The minimum Gasteiger partial charge on any atom is -0.493 e. The zero-order valence-electron chi connectivity index (χ0n) is 20.6. The molecule has 0 unspecified atom stereocenters. The zero-order valence-corrected chi connectivity index (χ0v) is 20.6. The molecule has 1 atom stereocenters. The molecule has 1 aromatic carbocycles. The Morgan fingerprint density at radius 2 is 1.86 bits per heavy atom. The molecular formula is C26H32N6O3. The number of aryl methyl sites for hydroxylation is 1. The summed E-state index contributed by atoms with van der Waals surface area (Å²) >= 11 is 0. The summed E-state index contributed by atoms with van der Waals surface area (Å²) in [7, 11) is 1.63. The highest BCUT2D eigenvalue weighted by molar-refractivity contribution is 5.95. The Kier molecular flexibility index (Phi) is 6.57. The largest absolute Gasteiger partial charge is 0.493 e. The molecule has 3 aromatic rings. The molecule has 35 heavy (non-hydrogen) atoms. The molecule has 1 fully saturated rings. The predicted octanol–water partition coefficient (Wildman–Crippen LogP) is 4.23. The number of ether oxygens (including phenoxy) is 2. The third-order valence-corrected chi connectivity index (χ3v) is 6.69. The van der Waals surface area contributed by atoms with Crippen LogP contribution in [0.2, 0.25) is 0 Å². The number of hydrogen-bond acceptors (Lipinski definition) is 7. The number of para-hydroxylation sites is 1. The minimum atomic E-state index is -0.213. The monoisotopic (exact) mass is 476 g/mol. The fourth-order valence-electron chi connectivity index (χ4n) is 5.03. The van der Waals surface area contributed by atoms with E-state index in [1.807, 2.05) is 37.3 Å². The first-order chi connectivity index (χ1) is 17.1. The maximum Gasteiger partial charge on any atom is 0.226 e. The van der Waals surface area contributed by atoms with Gasteiger partial charge in [0.05, 0.1) is 19.4 Å². The molecule has 2 aliphatic heterocycles. The van der Waals surface area contributed by atoms with Crippen LogP contribution < -0.4 is 19.7 Å². The van der Waals surface area contributed by atoms with E-state index in [-0.39, 0.29) is 11.8 Å². The van der Waals surface area contributed by atoms with Crippen molar-refractivity contribution in [2.75, 3.05) is 37.0 Å². The van der Waals surface area contributed by atoms with E-state index >= 15 is 0 Å². The van der Waals surface area contributed by atoms with Crippen LogP contribution in [0.25, 0.3) is 5.82 Å². The van der Waals surface area contributed by atoms with Crippen molar-refractivity contribution in [1.82, 2.24) is 20.0 Å². The fraction of sp³-hybridized carbons (Fsp3) is 0.462. The predicted molar refractivity (Wildman–Crippen MR) is 134 cm³/mol. The first-order valence-electron chi connectivity index (χ1n) is 12.4. The Bertz CT molecular complexity index is 1200. The van der Waals surface area contributed by atoms with Crippen LogP contribution in [0.1, 0.15) is 61.8 Å². The van der Waals surface area contributed by atoms with E-state index in [1.54, 1.807) is 11.8 Å². The summed E-state index contributed by atoms with van der Waals surface area (Å²) in [6, 6.07) is 9.72. The number of rotatable bonds is 7. The van der Waals surface area contributed by atoms with Crippen molar-refractivity contribution in [3.05, 3.63) is 47.2 Å². The van der Waals surface area contributed by atoms with Crippen LogP contribution in [0.15, 0.2) is 30.3 Å². The van der Waals surface area contributed by atoms with E-state index in [2.05, 4.69) is 27.3 Å². The van der Waals surface area contributed by atoms with Crippen LogP contribution in [0.3, 0.4) is 0 Å². The number of nitrogens with zero attached hydrogens (tertiary/aromatic N) is 5. The normalized spacial score (nSPS) is 17.6. The van der Waals surface area contributed by atoms with Gasteiger partial charge in [0.25, 0.3) is 0 Å². The van der Waals surface area contributed by atoms with Crippen LogP contribution in [0, 0.1) is 6.92 Å². The van der Waals surface area contributed by atoms with Crippen LogP contribution in [-0.2, 0) is 4.79 Å². The maximum absolute atomic E-state index is 12.9. The summed E-state index contributed by atoms with van der Waals surface area (Å²) in [6.45, 7) is 6.60. The molecule has 5 rings (SSSR count). The highest BCUT2D eigenvalue weighted by Gasteiger charge is 2.35. The van der Waals surface area contributed by atoms with E-state index in [4.69, 9.17) is 14.6 Å². The lowest BCUT2D eigenvalue weighted by Crippen LogP contribution is -2.30. The summed E-state index contributed by atoms with van der Waals surface area (Å²) in [4.78, 5) is 15.1. The lowest BCUT2D eigenvalue weighted by atomic mass is 9.85. The molecule has 4 heterocycles. The second-order valence-electron chi connectivity index (χ2n) is 9.09. The molecule has 0 aliphatic carbocycles. The molecule has 0 bridgehead atoms. The first-order valence-corrected chi connectivity index (χ1v) is 12.4. The number of fused-ring (bicyclic) bond motifs is 1. The minimum absolute atomic E-state index is 0.0780. The molecule has 1 N–H and O–H groups in total. The van der Waals surface area contributed by atoms with Gasteiger partial charge in [-0.3, -0.25) is 4.79 Å². The van der Waals surface area contributed by atoms with Gasteiger partial charge in [0.1, 0.15) is 5.82 Å². The Morgan fingerprint density at radius 1 is 1.09 bits per heavy atom. The molecule has 1 saturated heterocycles. The summed E-state index contributed by atoms with van der Waals surface area (Å²) in [5, 5.41) is 16.7. The van der Waals surface area contributed by atoms with Gasteiger partial charge in [0, 0.05) is 36.6 Å². The molecule has 1 amide bonds. The number of amides is 1. The van der Waals surface area contributed by atoms with Crippen molar-refractivity contribution < 1.29 is 14.3 Å². The van der Waals surface area contributed by atoms with Gasteiger partial charge in [-0.15, -0.1) is 10.2 Å². The van der Waals surface area contributed by atoms with Gasteiger partial charge >= 0.3 is 0 Å². The number of hydrogen-bond donors (Lipinski definition) is 1. The number of anilines is 2. The number of methoxy groups -OCH3 is 1. The van der Waals surface area contributed by atoms with Crippen LogP contribution >= 0.6 is 0 Å². The topological polar surface area (TPSA) is 94.4 Å². The highest BCUT2D eigenvalue weighted by Crippen LogP contribution is 2.45. The van der Waals surface area contributed by atoms with E-state index in [1.165, 1.54) is 19.3 Å². The van der Waals surface area contributed by atoms with Gasteiger partial charge < -0.3 is 19.7 Å². The third-order valence-electron chi connectivity index (χ3n) is 6.69. The molecule has 184 valence electrons. The summed E-state index contributed by atoms with van der Waals surface area (Å²) in [5.74, 6) is 3.13. The van der Waals surface area contributed by atoms with Gasteiger partial charge in [-0.05, 0) is 50.8 Å². The lowest BCUT2D eigenvalue weighted by molar-refractivity contribution is -0.116. The van der Waals surface area contributed by atoms with E-state index in [0.29, 0.717) is 36.2 Å². The number of nitrogens with one attached hydrogen (secondary N) is 1. The number of benzene rings is 1. The first kappa shape index (κ1) is 23.1. The Morgan fingerprint density at radius 3 is 2.57 bits per heavy atom. The summed E-state index contributed by atoms with van der Waals surface area (Å²) in [5.41, 5.74) is 2.71. The standard InChI is InChI=1S/C26H32N6O3/c1-4-15-35-25-18(9-8-10-20(25)34-3)19-16-23(33)27-26-24(19)17(2)30-32(26)22-12-11-21(28-29-22)31-13-6-5-7-14-31/h8-12,19H,4-7,13-16H2,1-3H3,(H,27,33)/t19-/m0/s1. The van der Waals surface area contributed by atoms with Gasteiger partial charge in [-0.2, -0.15) is 9.78 Å². The van der Waals surface area contributed by atoms with Gasteiger partial charge in [-0.1, -0.05) is 19.1 Å². The SMILES string of the molecule is CCCOc1c(OC)cccc1[C@@H]1CC(=O)Nc2c1c(C)nn2-c1ccc(N2CCCCC2)nn1. The highest BCUT2D eigenvalue weighted by atomic mass is 16.5. The molecule has 9 heteroatoms. The van der Waals surface area contributed by atoms with Crippen LogP contribution in [-0.4, -0.2) is 52.7 Å². The number of carbonyl (C=O) groups excluding carboxylic acids is 1. The summed E-state index contributed by atoms with van der Waals surface area (Å²) in [6.07, 6.45) is 4.79. The fourth-order valence-corrected chi connectivity index (χ4v) is 5.03. The molecule has 0 radical (unpaired) electrons. The average Bonchev–Trinajstić information content (AvgIpc) is 3.23. The third kappa shape index (κ3) is 4.42. The number of carbonyl (C=O) groups is 1. The maximum atomic E-state index is 12.9. The smallest absolute Gasteiger partial charge is 0.226 e. The Hall–Kier alpha value is -3.62. The van der Waals surface area contributed by atoms with Gasteiger partial charge in [-0.25, -0.2) is 0 Å². The lowest BCUT2D eigenvalue weighted by Gasteiger charge is -2.27. The van der Waals surface area contributed by atoms with Gasteiger partial charge in [0.2, 0.25) is 5.91 Å². The number of piperidine rings is 1. The molecular weight excluding hydrogens is 444 g/mol. The van der Waals surface area contributed by atoms with Crippen molar-refractivity contribution in [1.29, 1.82) is 0 Å². The Balaban J connectivity index is 1.54. The van der Waals surface area contributed by atoms with Gasteiger partial charge in [0.15, 0.2) is 23.1 Å². The molecule has 2 aliphatic rings. The van der Waals surface area contributed by atoms with Crippen molar-refractivity contribution >= 4 is 17.5 Å². The van der Waals surface area contributed by atoms with Crippen molar-refractivity contribution in [3.8, 4) is 17.3 Å². The van der Waals surface area contributed by atoms with E-state index < -0.39 is 0 Å². The molecule has 2 aromatic heterocycles. The zero-order chi connectivity index (χ0) is 24.4. The molecule has 9 nitrogen and oxygen atoms in total. The van der Waals surface area contributed by atoms with E-state index in [9.17, 15) is 4.79 Å². The second-order valence-corrected chi connectivity index (χ2v) is 9.09. The Labute approximate surface area is 205 Å². The molecule has 0 spiro atoms.